The van der Waals surface area contributed by atoms with Crippen LogP contribution in [0.2, 0.25) is 0 Å². The zero-order valence-corrected chi connectivity index (χ0v) is 9.74. The highest BCUT2D eigenvalue weighted by Crippen LogP contribution is 2.39. The second-order valence-corrected chi connectivity index (χ2v) is 5.31. The van der Waals surface area contributed by atoms with Crippen molar-refractivity contribution in [3.8, 4) is 0 Å². The lowest BCUT2D eigenvalue weighted by atomic mass is 9.73. The van der Waals surface area contributed by atoms with Gasteiger partial charge in [-0.05, 0) is 39.2 Å². The van der Waals surface area contributed by atoms with Gasteiger partial charge in [-0.25, -0.2) is 0 Å². The van der Waals surface area contributed by atoms with Crippen molar-refractivity contribution in [2.75, 3.05) is 32.8 Å². The summed E-state index contributed by atoms with van der Waals surface area (Å²) in [4.78, 5) is 2.52. The summed E-state index contributed by atoms with van der Waals surface area (Å²) in [6.07, 6.45) is 4.43. The molecule has 2 saturated heterocycles. The minimum absolute atomic E-state index is 0.136. The number of likely N-dealkylation sites (tertiary alicyclic amines) is 1. The second kappa shape index (κ2) is 4.81. The Labute approximate surface area is 92.4 Å². The maximum atomic E-state index is 9.16. The average molecular weight is 213 g/mol. The molecule has 0 aromatic rings. The Morgan fingerprint density at radius 1 is 1.33 bits per heavy atom. The monoisotopic (exact) mass is 213 g/mol. The van der Waals surface area contributed by atoms with Crippen LogP contribution in [0.25, 0.3) is 0 Å². The predicted octanol–water partition coefficient (Wildman–Crippen LogP) is 1.26. The van der Waals surface area contributed by atoms with Gasteiger partial charge in [-0.2, -0.15) is 0 Å². The predicted molar refractivity (Wildman–Crippen MR) is 59.8 cm³/mol. The molecular weight excluding hydrogens is 190 g/mol. The topological polar surface area (TPSA) is 32.7 Å². The van der Waals surface area contributed by atoms with Crippen molar-refractivity contribution in [1.29, 1.82) is 0 Å². The minimum Gasteiger partial charge on any atom is -0.393 e. The molecular formula is C12H23NO2. The van der Waals surface area contributed by atoms with Crippen LogP contribution >= 0.6 is 0 Å². The van der Waals surface area contributed by atoms with Gasteiger partial charge < -0.3 is 14.7 Å². The maximum absolute atomic E-state index is 9.16. The first-order valence-electron chi connectivity index (χ1n) is 6.18. The summed E-state index contributed by atoms with van der Waals surface area (Å²) >= 11 is 0. The number of rotatable bonds is 4. The fourth-order valence-corrected chi connectivity index (χ4v) is 2.79. The molecule has 0 aromatic carbocycles. The molecule has 88 valence electrons. The summed E-state index contributed by atoms with van der Waals surface area (Å²) in [5.74, 6) is 0. The van der Waals surface area contributed by atoms with Crippen molar-refractivity contribution < 1.29 is 9.84 Å². The van der Waals surface area contributed by atoms with E-state index in [1.807, 2.05) is 6.92 Å². The van der Waals surface area contributed by atoms with Crippen LogP contribution in [-0.4, -0.2) is 49.0 Å². The van der Waals surface area contributed by atoms with Crippen molar-refractivity contribution in [3.63, 3.8) is 0 Å². The zero-order valence-electron chi connectivity index (χ0n) is 9.74. The number of nitrogens with zero attached hydrogens (tertiary/aromatic N) is 1. The molecule has 2 rings (SSSR count). The molecule has 1 atom stereocenters. The van der Waals surface area contributed by atoms with E-state index < -0.39 is 0 Å². The van der Waals surface area contributed by atoms with Gasteiger partial charge in [0.25, 0.3) is 0 Å². The van der Waals surface area contributed by atoms with Gasteiger partial charge >= 0.3 is 0 Å². The first-order valence-corrected chi connectivity index (χ1v) is 6.18. The highest BCUT2D eigenvalue weighted by Gasteiger charge is 2.43. The van der Waals surface area contributed by atoms with E-state index in [9.17, 15) is 0 Å². The van der Waals surface area contributed by atoms with Crippen molar-refractivity contribution >= 4 is 0 Å². The highest BCUT2D eigenvalue weighted by molar-refractivity contribution is 4.95. The van der Waals surface area contributed by atoms with Gasteiger partial charge in [-0.15, -0.1) is 0 Å². The van der Waals surface area contributed by atoms with Crippen LogP contribution in [0.15, 0.2) is 0 Å². The van der Waals surface area contributed by atoms with Gasteiger partial charge in [0.2, 0.25) is 0 Å². The van der Waals surface area contributed by atoms with E-state index in [0.717, 1.165) is 32.6 Å². The van der Waals surface area contributed by atoms with Gasteiger partial charge in [0.15, 0.2) is 0 Å². The van der Waals surface area contributed by atoms with E-state index in [1.54, 1.807) is 0 Å². The van der Waals surface area contributed by atoms with Gasteiger partial charge in [0.1, 0.15) is 0 Å². The Morgan fingerprint density at radius 3 is 2.60 bits per heavy atom. The maximum Gasteiger partial charge on any atom is 0.0512 e. The molecule has 1 unspecified atom stereocenters. The Bertz CT molecular complexity index is 192. The fraction of sp³-hybridized carbons (Fsp3) is 1.00. The number of ether oxygens (including phenoxy) is 1. The first-order chi connectivity index (χ1) is 7.20. The van der Waals surface area contributed by atoms with E-state index in [-0.39, 0.29) is 6.10 Å². The van der Waals surface area contributed by atoms with Gasteiger partial charge in [0.05, 0.1) is 6.10 Å². The Kier molecular flexibility index (Phi) is 3.65. The van der Waals surface area contributed by atoms with Crippen LogP contribution in [0.3, 0.4) is 0 Å². The summed E-state index contributed by atoms with van der Waals surface area (Å²) in [6.45, 7) is 7.47. The largest absolute Gasteiger partial charge is 0.393 e. The van der Waals surface area contributed by atoms with Crippen LogP contribution in [0.1, 0.15) is 32.6 Å². The molecule has 15 heavy (non-hydrogen) atoms. The van der Waals surface area contributed by atoms with Gasteiger partial charge in [-0.3, -0.25) is 0 Å². The zero-order chi connectivity index (χ0) is 10.7. The Balaban J connectivity index is 1.60. The third kappa shape index (κ3) is 2.92. The van der Waals surface area contributed by atoms with E-state index in [2.05, 4.69) is 4.90 Å². The summed E-state index contributed by atoms with van der Waals surface area (Å²) in [6, 6.07) is 0. The number of aliphatic hydroxyl groups excluding tert-OH is 1. The van der Waals surface area contributed by atoms with Crippen molar-refractivity contribution in [2.24, 2.45) is 5.41 Å². The van der Waals surface area contributed by atoms with E-state index in [1.165, 1.54) is 25.9 Å². The number of hydrogen-bond donors (Lipinski definition) is 1. The molecule has 0 radical (unpaired) electrons. The number of hydrogen-bond acceptors (Lipinski definition) is 3. The van der Waals surface area contributed by atoms with Crippen LogP contribution in [0.4, 0.5) is 0 Å². The minimum atomic E-state index is -0.136. The molecule has 1 N–H and O–H groups in total. The molecule has 0 aliphatic carbocycles. The summed E-state index contributed by atoms with van der Waals surface area (Å²) in [5.41, 5.74) is 0.600. The third-order valence-corrected chi connectivity index (χ3v) is 3.77. The van der Waals surface area contributed by atoms with Gasteiger partial charge in [-0.1, -0.05) is 0 Å². The van der Waals surface area contributed by atoms with E-state index >= 15 is 0 Å². The standard InChI is InChI=1S/C12H23NO2/c1-11(14)3-2-6-13-9-12(10-13)4-7-15-8-5-12/h11,14H,2-10H2,1H3. The SMILES string of the molecule is CC(O)CCCN1CC2(CCOCC2)C1. The second-order valence-electron chi connectivity index (χ2n) is 5.31. The quantitative estimate of drug-likeness (QED) is 0.763. The summed E-state index contributed by atoms with van der Waals surface area (Å²) in [5, 5.41) is 9.16. The van der Waals surface area contributed by atoms with Crippen LogP contribution in [0, 0.1) is 5.41 Å². The molecule has 0 saturated carbocycles. The smallest absolute Gasteiger partial charge is 0.0512 e. The average Bonchev–Trinajstić information content (AvgIpc) is 2.16. The van der Waals surface area contributed by atoms with Crippen molar-refractivity contribution in [3.05, 3.63) is 0 Å². The lowest BCUT2D eigenvalue weighted by Crippen LogP contribution is -2.58. The van der Waals surface area contributed by atoms with Crippen molar-refractivity contribution in [1.82, 2.24) is 4.90 Å². The summed E-state index contributed by atoms with van der Waals surface area (Å²) in [7, 11) is 0. The van der Waals surface area contributed by atoms with Crippen LogP contribution < -0.4 is 0 Å². The fourth-order valence-electron chi connectivity index (χ4n) is 2.79. The lowest BCUT2D eigenvalue weighted by Gasteiger charge is -2.52. The first kappa shape index (κ1) is 11.4. The molecule has 0 aromatic heterocycles. The normalized spacial score (nSPS) is 27.6. The molecule has 0 amide bonds. The third-order valence-electron chi connectivity index (χ3n) is 3.77. The van der Waals surface area contributed by atoms with Crippen LogP contribution in [0.5, 0.6) is 0 Å². The molecule has 2 aliphatic rings. The van der Waals surface area contributed by atoms with E-state index in [0.29, 0.717) is 5.41 Å². The highest BCUT2D eigenvalue weighted by atomic mass is 16.5. The Morgan fingerprint density at radius 2 is 2.00 bits per heavy atom. The van der Waals surface area contributed by atoms with Crippen molar-refractivity contribution in [2.45, 2.75) is 38.7 Å². The number of aliphatic hydroxyl groups is 1. The van der Waals surface area contributed by atoms with Gasteiger partial charge in [0, 0.05) is 31.7 Å². The molecule has 3 heteroatoms. The lowest BCUT2D eigenvalue weighted by molar-refractivity contribution is -0.0811. The molecule has 3 nitrogen and oxygen atoms in total. The summed E-state index contributed by atoms with van der Waals surface area (Å²) < 4.78 is 5.40. The molecule has 2 fully saturated rings. The Hall–Kier alpha value is -0.120. The van der Waals surface area contributed by atoms with E-state index in [4.69, 9.17) is 9.84 Å². The molecule has 2 heterocycles. The van der Waals surface area contributed by atoms with Crippen LogP contribution in [-0.2, 0) is 4.74 Å². The molecule has 0 bridgehead atoms. The molecule has 1 spiro atoms. The molecule has 2 aliphatic heterocycles.